The van der Waals surface area contributed by atoms with Gasteiger partial charge >= 0.3 is 0 Å². The zero-order valence-electron chi connectivity index (χ0n) is 9.69. The summed E-state index contributed by atoms with van der Waals surface area (Å²) in [5, 5.41) is 7.03. The van der Waals surface area contributed by atoms with Crippen LogP contribution in [0, 0.1) is 12.8 Å². The van der Waals surface area contributed by atoms with E-state index in [-0.39, 0.29) is 5.91 Å². The summed E-state index contributed by atoms with van der Waals surface area (Å²) in [7, 11) is 1.80. The highest BCUT2D eigenvalue weighted by Gasteiger charge is 2.22. The molecule has 16 heavy (non-hydrogen) atoms. The first-order chi connectivity index (χ1) is 7.65. The van der Waals surface area contributed by atoms with Gasteiger partial charge in [0.15, 0.2) is 0 Å². The zero-order valence-corrected chi connectivity index (χ0v) is 9.69. The number of rotatable bonds is 4. The molecule has 0 saturated carbocycles. The van der Waals surface area contributed by atoms with Crippen LogP contribution in [0.1, 0.15) is 17.9 Å². The second kappa shape index (κ2) is 4.65. The summed E-state index contributed by atoms with van der Waals surface area (Å²) >= 11 is 0. The molecule has 1 saturated heterocycles. The maximum Gasteiger partial charge on any atom is 0.223 e. The van der Waals surface area contributed by atoms with Gasteiger partial charge in [0.1, 0.15) is 11.5 Å². The van der Waals surface area contributed by atoms with Crippen molar-refractivity contribution in [1.82, 2.24) is 15.4 Å². The van der Waals surface area contributed by atoms with Crippen molar-refractivity contribution in [2.24, 2.45) is 5.92 Å². The van der Waals surface area contributed by atoms with Crippen molar-refractivity contribution in [2.45, 2.75) is 19.9 Å². The third-order valence-electron chi connectivity index (χ3n) is 2.83. The Labute approximate surface area is 94.8 Å². The molecule has 0 atom stereocenters. The smallest absolute Gasteiger partial charge is 0.223 e. The van der Waals surface area contributed by atoms with Crippen molar-refractivity contribution in [3.05, 3.63) is 17.5 Å². The lowest BCUT2D eigenvalue weighted by Gasteiger charge is -2.28. The van der Waals surface area contributed by atoms with Gasteiger partial charge in [-0.1, -0.05) is 5.16 Å². The third kappa shape index (κ3) is 2.61. The van der Waals surface area contributed by atoms with E-state index in [1.165, 1.54) is 0 Å². The van der Waals surface area contributed by atoms with Gasteiger partial charge in [-0.3, -0.25) is 4.79 Å². The average molecular weight is 223 g/mol. The Hall–Kier alpha value is -1.36. The lowest BCUT2D eigenvalue weighted by atomic mass is 9.99. The van der Waals surface area contributed by atoms with Crippen LogP contribution in [0.4, 0.5) is 0 Å². The average Bonchev–Trinajstić information content (AvgIpc) is 2.57. The number of hydrogen-bond donors (Lipinski definition) is 1. The molecule has 1 amide bonds. The van der Waals surface area contributed by atoms with E-state index in [0.717, 1.165) is 24.5 Å². The predicted octanol–water partition coefficient (Wildman–Crippen LogP) is 0.551. The molecule has 88 valence electrons. The van der Waals surface area contributed by atoms with Gasteiger partial charge in [0.2, 0.25) is 5.91 Å². The van der Waals surface area contributed by atoms with Gasteiger partial charge < -0.3 is 14.7 Å². The van der Waals surface area contributed by atoms with Crippen LogP contribution in [-0.4, -0.2) is 36.1 Å². The number of aryl methyl sites for hydroxylation is 1. The Morgan fingerprint density at radius 2 is 2.44 bits per heavy atom. The van der Waals surface area contributed by atoms with Crippen LogP contribution in [0.2, 0.25) is 0 Å². The number of carbonyl (C=O) groups is 1. The molecule has 0 aliphatic carbocycles. The minimum absolute atomic E-state index is 0.173. The maximum absolute atomic E-state index is 11.8. The first kappa shape index (κ1) is 11.1. The molecular formula is C11H17N3O2. The topological polar surface area (TPSA) is 58.4 Å². The Balaban J connectivity index is 1.82. The molecule has 1 aromatic rings. The van der Waals surface area contributed by atoms with Gasteiger partial charge in [0.05, 0.1) is 6.54 Å². The van der Waals surface area contributed by atoms with Crippen molar-refractivity contribution >= 4 is 5.91 Å². The summed E-state index contributed by atoms with van der Waals surface area (Å²) in [5.74, 6) is 1.46. The molecule has 0 bridgehead atoms. The number of hydrogen-bond acceptors (Lipinski definition) is 4. The van der Waals surface area contributed by atoms with Crippen molar-refractivity contribution in [1.29, 1.82) is 0 Å². The molecule has 1 N–H and O–H groups in total. The fraction of sp³-hybridized carbons (Fsp3) is 0.636. The Kier molecular flexibility index (Phi) is 3.24. The Morgan fingerprint density at radius 1 is 1.69 bits per heavy atom. The number of amides is 1. The van der Waals surface area contributed by atoms with E-state index in [9.17, 15) is 4.79 Å². The fourth-order valence-corrected chi connectivity index (χ4v) is 1.72. The Bertz CT molecular complexity index is 371. The highest BCUT2D eigenvalue weighted by atomic mass is 16.5. The van der Waals surface area contributed by atoms with Gasteiger partial charge in [0.25, 0.3) is 0 Å². The molecule has 1 aliphatic rings. The predicted molar refractivity (Wildman–Crippen MR) is 58.7 cm³/mol. The monoisotopic (exact) mass is 223 g/mol. The SMILES string of the molecule is Cc1cc(CN(C)C(=O)CC2CNC2)no1. The normalized spacial score (nSPS) is 15.9. The van der Waals surface area contributed by atoms with Gasteiger partial charge in [0, 0.05) is 19.5 Å². The quantitative estimate of drug-likeness (QED) is 0.810. The van der Waals surface area contributed by atoms with E-state index in [1.807, 2.05) is 13.0 Å². The zero-order chi connectivity index (χ0) is 11.5. The molecule has 0 radical (unpaired) electrons. The standard InChI is InChI=1S/C11H17N3O2/c1-8-3-10(13-16-8)7-14(2)11(15)4-9-5-12-6-9/h3,9,12H,4-7H2,1-2H3. The van der Waals surface area contributed by atoms with E-state index < -0.39 is 0 Å². The first-order valence-corrected chi connectivity index (χ1v) is 5.52. The summed E-state index contributed by atoms with van der Waals surface area (Å²) in [6.07, 6.45) is 0.625. The largest absolute Gasteiger partial charge is 0.361 e. The molecule has 1 aromatic heterocycles. The number of nitrogens with one attached hydrogen (secondary N) is 1. The van der Waals surface area contributed by atoms with Crippen LogP contribution in [0.15, 0.2) is 10.6 Å². The number of nitrogens with zero attached hydrogens (tertiary/aromatic N) is 2. The van der Waals surface area contributed by atoms with E-state index in [4.69, 9.17) is 4.52 Å². The molecule has 2 rings (SSSR count). The minimum Gasteiger partial charge on any atom is -0.361 e. The molecule has 0 unspecified atom stereocenters. The van der Waals surface area contributed by atoms with E-state index in [2.05, 4.69) is 10.5 Å². The van der Waals surface area contributed by atoms with Crippen molar-refractivity contribution in [2.75, 3.05) is 20.1 Å². The Morgan fingerprint density at radius 3 is 2.94 bits per heavy atom. The van der Waals surface area contributed by atoms with Gasteiger partial charge in [-0.05, 0) is 25.9 Å². The summed E-state index contributed by atoms with van der Waals surface area (Å²) in [6, 6.07) is 1.86. The van der Waals surface area contributed by atoms with Crippen LogP contribution in [0.3, 0.4) is 0 Å². The molecule has 1 fully saturated rings. The number of carbonyl (C=O) groups excluding carboxylic acids is 1. The summed E-state index contributed by atoms with van der Waals surface area (Å²) < 4.78 is 4.96. The van der Waals surface area contributed by atoms with Crippen LogP contribution in [-0.2, 0) is 11.3 Å². The second-order valence-corrected chi connectivity index (χ2v) is 4.41. The molecule has 0 aromatic carbocycles. The van der Waals surface area contributed by atoms with Gasteiger partial charge in [-0.15, -0.1) is 0 Å². The van der Waals surface area contributed by atoms with Crippen molar-refractivity contribution < 1.29 is 9.32 Å². The lowest BCUT2D eigenvalue weighted by molar-refractivity contribution is -0.131. The molecule has 5 heteroatoms. The fourth-order valence-electron chi connectivity index (χ4n) is 1.72. The molecule has 0 spiro atoms. The number of aromatic nitrogens is 1. The summed E-state index contributed by atoms with van der Waals surface area (Å²) in [4.78, 5) is 13.5. The highest BCUT2D eigenvalue weighted by Crippen LogP contribution is 2.11. The van der Waals surface area contributed by atoms with Crippen LogP contribution < -0.4 is 5.32 Å². The van der Waals surface area contributed by atoms with Gasteiger partial charge in [-0.25, -0.2) is 0 Å². The third-order valence-corrected chi connectivity index (χ3v) is 2.83. The molecule has 5 nitrogen and oxygen atoms in total. The van der Waals surface area contributed by atoms with E-state index >= 15 is 0 Å². The molecular weight excluding hydrogens is 206 g/mol. The van der Waals surface area contributed by atoms with E-state index in [0.29, 0.717) is 18.9 Å². The first-order valence-electron chi connectivity index (χ1n) is 5.52. The molecule has 1 aliphatic heterocycles. The van der Waals surface area contributed by atoms with Crippen molar-refractivity contribution in [3.8, 4) is 0 Å². The van der Waals surface area contributed by atoms with Crippen LogP contribution in [0.25, 0.3) is 0 Å². The van der Waals surface area contributed by atoms with E-state index in [1.54, 1.807) is 11.9 Å². The van der Waals surface area contributed by atoms with Gasteiger partial charge in [-0.2, -0.15) is 0 Å². The second-order valence-electron chi connectivity index (χ2n) is 4.41. The minimum atomic E-state index is 0.173. The van der Waals surface area contributed by atoms with Crippen LogP contribution >= 0.6 is 0 Å². The van der Waals surface area contributed by atoms with Crippen LogP contribution in [0.5, 0.6) is 0 Å². The summed E-state index contributed by atoms with van der Waals surface area (Å²) in [6.45, 7) is 4.29. The maximum atomic E-state index is 11.8. The summed E-state index contributed by atoms with van der Waals surface area (Å²) in [5.41, 5.74) is 0.806. The van der Waals surface area contributed by atoms with Crippen molar-refractivity contribution in [3.63, 3.8) is 0 Å². The highest BCUT2D eigenvalue weighted by molar-refractivity contribution is 5.76. The lowest BCUT2D eigenvalue weighted by Crippen LogP contribution is -2.44. The molecule has 2 heterocycles.